The van der Waals surface area contributed by atoms with Crippen LogP contribution in [0.25, 0.3) is 0 Å². The molecule has 0 spiro atoms. The summed E-state index contributed by atoms with van der Waals surface area (Å²) in [5.74, 6) is -0.505. The minimum atomic E-state index is -0.674. The molecule has 0 atom stereocenters. The van der Waals surface area contributed by atoms with Crippen molar-refractivity contribution in [3.63, 3.8) is 0 Å². The van der Waals surface area contributed by atoms with Crippen LogP contribution in [0.2, 0.25) is 0 Å². The van der Waals surface area contributed by atoms with E-state index in [1.54, 1.807) is 30.2 Å². The van der Waals surface area contributed by atoms with Gasteiger partial charge in [0.25, 0.3) is 0 Å². The van der Waals surface area contributed by atoms with Gasteiger partial charge in [0.15, 0.2) is 0 Å². The summed E-state index contributed by atoms with van der Waals surface area (Å²) < 4.78 is 5.27. The average molecular weight is 439 g/mol. The van der Waals surface area contributed by atoms with Gasteiger partial charge in [-0.1, -0.05) is 24.3 Å². The van der Waals surface area contributed by atoms with Gasteiger partial charge in [-0.25, -0.2) is 4.79 Å². The van der Waals surface area contributed by atoms with E-state index in [0.29, 0.717) is 36.8 Å². The molecule has 3 rings (SSSR count). The largest absolute Gasteiger partial charge is 0.495 e. The maximum absolute atomic E-state index is 12.6. The normalized spacial score (nSPS) is 13.9. The van der Waals surface area contributed by atoms with Crippen LogP contribution < -0.4 is 20.7 Å². The third-order valence-electron chi connectivity index (χ3n) is 5.86. The second-order valence-electron chi connectivity index (χ2n) is 7.97. The number of urea groups is 1. The fourth-order valence-corrected chi connectivity index (χ4v) is 3.67. The second kappa shape index (κ2) is 10.7. The molecule has 2 aromatic rings. The number of ether oxygens (including phenoxy) is 1. The lowest BCUT2D eigenvalue weighted by Crippen LogP contribution is -2.44. The number of carbonyl (C=O) groups excluding carboxylic acids is 3. The van der Waals surface area contributed by atoms with Crippen LogP contribution in [0.15, 0.2) is 42.5 Å². The number of hydrogen-bond acceptors (Lipinski definition) is 4. The first kappa shape index (κ1) is 23.1. The molecule has 2 aromatic carbocycles. The molecule has 0 unspecified atom stereocenters. The van der Waals surface area contributed by atoms with Crippen LogP contribution in [0.5, 0.6) is 5.75 Å². The van der Waals surface area contributed by atoms with Crippen LogP contribution in [-0.2, 0) is 9.59 Å². The lowest BCUT2D eigenvalue weighted by atomic mass is 9.97. The number of anilines is 2. The number of hydrogen-bond donors (Lipinski definition) is 3. The Kier molecular flexibility index (Phi) is 7.70. The smallest absolute Gasteiger partial charge is 0.321 e. The molecule has 1 aliphatic rings. The highest BCUT2D eigenvalue weighted by Gasteiger charge is 2.24. The highest BCUT2D eigenvalue weighted by molar-refractivity contribution is 6.39. The Labute approximate surface area is 188 Å². The zero-order valence-corrected chi connectivity index (χ0v) is 18.7. The number of carbonyl (C=O) groups is 3. The molecule has 8 nitrogen and oxygen atoms in total. The van der Waals surface area contributed by atoms with E-state index in [9.17, 15) is 14.4 Å². The van der Waals surface area contributed by atoms with E-state index < -0.39 is 11.8 Å². The monoisotopic (exact) mass is 438 g/mol. The Morgan fingerprint density at radius 2 is 1.62 bits per heavy atom. The van der Waals surface area contributed by atoms with E-state index in [4.69, 9.17) is 4.74 Å². The van der Waals surface area contributed by atoms with Gasteiger partial charge >= 0.3 is 17.8 Å². The molecule has 3 N–H and O–H groups in total. The van der Waals surface area contributed by atoms with Crippen molar-refractivity contribution in [2.24, 2.45) is 5.92 Å². The lowest BCUT2D eigenvalue weighted by molar-refractivity contribution is -0.136. The van der Waals surface area contributed by atoms with Crippen LogP contribution >= 0.6 is 0 Å². The van der Waals surface area contributed by atoms with Crippen molar-refractivity contribution in [3.05, 3.63) is 53.6 Å². The summed E-state index contributed by atoms with van der Waals surface area (Å²) in [5.41, 5.74) is 3.25. The highest BCUT2D eigenvalue weighted by atomic mass is 16.5. The van der Waals surface area contributed by atoms with Crippen molar-refractivity contribution in [1.29, 1.82) is 0 Å². The topological polar surface area (TPSA) is 99.8 Å². The van der Waals surface area contributed by atoms with Gasteiger partial charge in [-0.2, -0.15) is 0 Å². The minimum Gasteiger partial charge on any atom is -0.495 e. The summed E-state index contributed by atoms with van der Waals surface area (Å²) in [5, 5.41) is 8.27. The third-order valence-corrected chi connectivity index (χ3v) is 5.86. The molecule has 170 valence electrons. The molecule has 1 saturated heterocycles. The van der Waals surface area contributed by atoms with Gasteiger partial charge in [-0.05, 0) is 61.9 Å². The summed E-state index contributed by atoms with van der Waals surface area (Å²) >= 11 is 0. The predicted octanol–water partition coefficient (Wildman–Crippen LogP) is 3.31. The summed E-state index contributed by atoms with van der Waals surface area (Å²) in [6, 6.07) is 12.7. The number of nitrogens with one attached hydrogen (secondary N) is 3. The Bertz CT molecular complexity index is 984. The molecular weight excluding hydrogens is 408 g/mol. The fraction of sp³-hybridized carbons (Fsp3) is 0.375. The molecule has 32 heavy (non-hydrogen) atoms. The number of rotatable bonds is 5. The van der Waals surface area contributed by atoms with Gasteiger partial charge < -0.3 is 25.6 Å². The highest BCUT2D eigenvalue weighted by Crippen LogP contribution is 2.24. The Morgan fingerprint density at radius 1 is 0.938 bits per heavy atom. The number of methoxy groups -OCH3 is 1. The van der Waals surface area contributed by atoms with E-state index in [-0.39, 0.29) is 11.9 Å². The fourth-order valence-electron chi connectivity index (χ4n) is 3.67. The van der Waals surface area contributed by atoms with Gasteiger partial charge in [0.05, 0.1) is 12.8 Å². The summed E-state index contributed by atoms with van der Waals surface area (Å²) in [7, 11) is 1.56. The van der Waals surface area contributed by atoms with Crippen molar-refractivity contribution < 1.29 is 19.1 Å². The average Bonchev–Trinajstić information content (AvgIpc) is 2.81. The zero-order chi connectivity index (χ0) is 23.1. The molecular formula is C24H30N4O4. The van der Waals surface area contributed by atoms with Gasteiger partial charge in [0, 0.05) is 25.3 Å². The van der Waals surface area contributed by atoms with Gasteiger partial charge in [0.2, 0.25) is 0 Å². The van der Waals surface area contributed by atoms with Crippen LogP contribution in [0, 0.1) is 19.8 Å². The molecule has 1 aliphatic heterocycles. The van der Waals surface area contributed by atoms with Crippen molar-refractivity contribution in [2.45, 2.75) is 26.7 Å². The summed E-state index contributed by atoms with van der Waals surface area (Å²) in [4.78, 5) is 38.7. The van der Waals surface area contributed by atoms with Gasteiger partial charge in [-0.15, -0.1) is 0 Å². The summed E-state index contributed by atoms with van der Waals surface area (Å²) in [6.07, 6.45) is 1.50. The zero-order valence-electron chi connectivity index (χ0n) is 18.7. The molecule has 0 bridgehead atoms. The number of nitrogens with zero attached hydrogens (tertiary/aromatic N) is 1. The third kappa shape index (κ3) is 5.78. The first-order chi connectivity index (χ1) is 15.4. The predicted molar refractivity (Wildman–Crippen MR) is 124 cm³/mol. The number of amides is 4. The van der Waals surface area contributed by atoms with Gasteiger partial charge in [0.1, 0.15) is 5.75 Å². The van der Waals surface area contributed by atoms with Crippen LogP contribution in [-0.4, -0.2) is 49.5 Å². The van der Waals surface area contributed by atoms with Crippen LogP contribution in [0.3, 0.4) is 0 Å². The van der Waals surface area contributed by atoms with Crippen molar-refractivity contribution in [1.82, 2.24) is 10.2 Å². The molecule has 0 saturated carbocycles. The quantitative estimate of drug-likeness (QED) is 0.624. The van der Waals surface area contributed by atoms with E-state index in [2.05, 4.69) is 16.0 Å². The Balaban J connectivity index is 1.42. The maximum Gasteiger partial charge on any atom is 0.321 e. The first-order valence-electron chi connectivity index (χ1n) is 10.7. The Hall–Kier alpha value is -3.55. The SMILES string of the molecule is COc1ccccc1NC(=O)N1CCC(CNC(=O)C(=O)Nc2cccc(C)c2C)CC1. The standard InChI is InChI=1S/C24H30N4O4/c1-16-7-6-9-19(17(16)2)26-23(30)22(29)25-15-18-11-13-28(14-12-18)24(31)27-20-8-4-5-10-21(20)32-3/h4-10,18H,11-15H2,1-3H3,(H,25,29)(H,26,30)(H,27,31). The number of benzene rings is 2. The van der Waals surface area contributed by atoms with Crippen molar-refractivity contribution >= 4 is 29.2 Å². The number of likely N-dealkylation sites (tertiary alicyclic amines) is 1. The minimum absolute atomic E-state index is 0.176. The second-order valence-corrected chi connectivity index (χ2v) is 7.97. The summed E-state index contributed by atoms with van der Waals surface area (Å²) in [6.45, 7) is 5.42. The molecule has 0 aromatic heterocycles. The molecule has 1 heterocycles. The lowest BCUT2D eigenvalue weighted by Gasteiger charge is -2.32. The molecule has 0 aliphatic carbocycles. The first-order valence-corrected chi connectivity index (χ1v) is 10.7. The van der Waals surface area contributed by atoms with Crippen molar-refractivity contribution in [2.75, 3.05) is 37.4 Å². The van der Waals surface area contributed by atoms with E-state index in [0.717, 1.165) is 24.0 Å². The molecule has 0 radical (unpaired) electrons. The molecule has 8 heteroatoms. The van der Waals surface area contributed by atoms with Crippen LogP contribution in [0.4, 0.5) is 16.2 Å². The van der Waals surface area contributed by atoms with Crippen LogP contribution in [0.1, 0.15) is 24.0 Å². The Morgan fingerprint density at radius 3 is 2.34 bits per heavy atom. The van der Waals surface area contributed by atoms with E-state index >= 15 is 0 Å². The molecule has 4 amide bonds. The number of para-hydroxylation sites is 2. The van der Waals surface area contributed by atoms with Crippen molar-refractivity contribution in [3.8, 4) is 5.75 Å². The number of piperidine rings is 1. The maximum atomic E-state index is 12.6. The van der Waals surface area contributed by atoms with E-state index in [1.165, 1.54) is 0 Å². The number of aryl methyl sites for hydroxylation is 1. The van der Waals surface area contributed by atoms with E-state index in [1.807, 2.05) is 38.1 Å². The molecule has 1 fully saturated rings. The van der Waals surface area contributed by atoms with Gasteiger partial charge in [-0.3, -0.25) is 9.59 Å².